The Balaban J connectivity index is 1.66. The van der Waals surface area contributed by atoms with Crippen LogP contribution in [0.25, 0.3) is 0 Å². The first-order chi connectivity index (χ1) is 18.0. The summed E-state index contributed by atoms with van der Waals surface area (Å²) in [7, 11) is 0. The zero-order valence-corrected chi connectivity index (χ0v) is 20.8. The van der Waals surface area contributed by atoms with E-state index in [1.54, 1.807) is 31.2 Å². The number of anilines is 2. The summed E-state index contributed by atoms with van der Waals surface area (Å²) < 4.78 is 50.4. The Morgan fingerprint density at radius 1 is 1.05 bits per heavy atom. The smallest absolute Gasteiger partial charge is 0.416 e. The number of hydrogen-bond donors (Lipinski definition) is 0. The van der Waals surface area contributed by atoms with Gasteiger partial charge in [-0.3, -0.25) is 24.3 Å². The van der Waals surface area contributed by atoms with E-state index in [-0.39, 0.29) is 24.3 Å². The first kappa shape index (κ1) is 27.0. The fourth-order valence-electron chi connectivity index (χ4n) is 4.48. The standard InChI is InChI=1S/C26H26F3N3O6/c1-3-37-23(34)20-15-31(19-10-8-18(9-11-19)30-12-5-13-38-25(30)36)24(35)32(22(20)33)14-17-6-4-7-21(16(17)2)26(27,28)29/h4,6-11,20H,3,5,12-15H2,1-2H3. The summed E-state index contributed by atoms with van der Waals surface area (Å²) in [6, 6.07) is 9.05. The molecule has 2 aliphatic heterocycles. The third-order valence-electron chi connectivity index (χ3n) is 6.49. The molecule has 1 unspecified atom stereocenters. The number of esters is 1. The van der Waals surface area contributed by atoms with Gasteiger partial charge in [0.1, 0.15) is 0 Å². The molecule has 0 bridgehead atoms. The van der Waals surface area contributed by atoms with Gasteiger partial charge < -0.3 is 9.47 Å². The molecule has 0 aromatic heterocycles. The molecule has 38 heavy (non-hydrogen) atoms. The van der Waals surface area contributed by atoms with Crippen molar-refractivity contribution in [3.8, 4) is 0 Å². The van der Waals surface area contributed by atoms with Crippen molar-refractivity contribution in [2.45, 2.75) is 33.0 Å². The van der Waals surface area contributed by atoms with E-state index >= 15 is 0 Å². The van der Waals surface area contributed by atoms with Gasteiger partial charge in [0.25, 0.3) is 0 Å². The number of hydrogen-bond acceptors (Lipinski definition) is 6. The molecule has 0 radical (unpaired) electrons. The van der Waals surface area contributed by atoms with Crippen LogP contribution in [-0.4, -0.2) is 55.2 Å². The summed E-state index contributed by atoms with van der Waals surface area (Å²) in [5, 5.41) is 0. The highest BCUT2D eigenvalue weighted by Crippen LogP contribution is 2.34. The molecule has 4 amide bonds. The van der Waals surface area contributed by atoms with Crippen LogP contribution in [0.3, 0.4) is 0 Å². The zero-order valence-electron chi connectivity index (χ0n) is 20.8. The number of cyclic esters (lactones) is 1. The van der Waals surface area contributed by atoms with Gasteiger partial charge in [0, 0.05) is 17.9 Å². The summed E-state index contributed by atoms with van der Waals surface area (Å²) in [6.45, 7) is 2.87. The van der Waals surface area contributed by atoms with E-state index < -0.39 is 48.2 Å². The average molecular weight is 534 g/mol. The van der Waals surface area contributed by atoms with Crippen molar-refractivity contribution >= 4 is 35.4 Å². The molecule has 0 N–H and O–H groups in total. The van der Waals surface area contributed by atoms with Gasteiger partial charge in [0.15, 0.2) is 5.92 Å². The van der Waals surface area contributed by atoms with Crippen molar-refractivity contribution in [3.05, 3.63) is 59.2 Å². The first-order valence-electron chi connectivity index (χ1n) is 12.0. The second-order valence-corrected chi connectivity index (χ2v) is 8.85. The summed E-state index contributed by atoms with van der Waals surface area (Å²) in [5.41, 5.74) is -0.0141. The van der Waals surface area contributed by atoms with Gasteiger partial charge in [0.05, 0.1) is 31.9 Å². The third-order valence-corrected chi connectivity index (χ3v) is 6.49. The summed E-state index contributed by atoms with van der Waals surface area (Å²) in [6.07, 6.45) is -4.45. The maximum atomic E-state index is 13.5. The Bertz CT molecular complexity index is 1250. The second-order valence-electron chi connectivity index (χ2n) is 8.85. The Morgan fingerprint density at radius 2 is 1.71 bits per heavy atom. The molecule has 2 heterocycles. The second kappa shape index (κ2) is 10.7. The number of alkyl halides is 3. The van der Waals surface area contributed by atoms with Crippen molar-refractivity contribution in [2.24, 2.45) is 5.92 Å². The Labute approximate surface area is 216 Å². The van der Waals surface area contributed by atoms with Crippen LogP contribution in [0.2, 0.25) is 0 Å². The highest BCUT2D eigenvalue weighted by atomic mass is 19.4. The minimum Gasteiger partial charge on any atom is -0.465 e. The number of amides is 4. The maximum Gasteiger partial charge on any atom is 0.416 e. The predicted octanol–water partition coefficient (Wildman–Crippen LogP) is 4.51. The molecule has 2 aliphatic rings. The summed E-state index contributed by atoms with van der Waals surface area (Å²) in [5.74, 6) is -3.06. The van der Waals surface area contributed by atoms with E-state index in [0.717, 1.165) is 11.0 Å². The highest BCUT2D eigenvalue weighted by molar-refractivity contribution is 6.12. The van der Waals surface area contributed by atoms with Crippen molar-refractivity contribution in [3.63, 3.8) is 0 Å². The van der Waals surface area contributed by atoms with Gasteiger partial charge >= 0.3 is 24.3 Å². The Kier molecular flexibility index (Phi) is 7.61. The van der Waals surface area contributed by atoms with Gasteiger partial charge in [-0.05, 0) is 61.7 Å². The van der Waals surface area contributed by atoms with E-state index in [4.69, 9.17) is 9.47 Å². The minimum atomic E-state index is -4.61. The molecule has 2 aromatic carbocycles. The van der Waals surface area contributed by atoms with E-state index in [1.807, 2.05) is 0 Å². The lowest BCUT2D eigenvalue weighted by atomic mass is 9.99. The van der Waals surface area contributed by atoms with Crippen LogP contribution in [0.5, 0.6) is 0 Å². The number of carbonyl (C=O) groups excluding carboxylic acids is 4. The van der Waals surface area contributed by atoms with Crippen LogP contribution in [0.15, 0.2) is 42.5 Å². The predicted molar refractivity (Wildman–Crippen MR) is 129 cm³/mol. The van der Waals surface area contributed by atoms with Crippen LogP contribution in [-0.2, 0) is 31.8 Å². The van der Waals surface area contributed by atoms with E-state index in [2.05, 4.69) is 0 Å². The van der Waals surface area contributed by atoms with Crippen LogP contribution in [0.1, 0.15) is 30.0 Å². The maximum absolute atomic E-state index is 13.5. The molecular formula is C26H26F3N3O6. The first-order valence-corrected chi connectivity index (χ1v) is 12.0. The topological polar surface area (TPSA) is 96.5 Å². The lowest BCUT2D eigenvalue weighted by Crippen LogP contribution is -2.58. The quantitative estimate of drug-likeness (QED) is 0.401. The molecule has 0 aliphatic carbocycles. The molecule has 202 valence electrons. The average Bonchev–Trinajstić information content (AvgIpc) is 2.87. The number of rotatable bonds is 6. The molecule has 9 nitrogen and oxygen atoms in total. The highest BCUT2D eigenvalue weighted by Gasteiger charge is 2.44. The molecule has 2 aromatic rings. The molecule has 4 rings (SSSR count). The van der Waals surface area contributed by atoms with Crippen LogP contribution < -0.4 is 9.80 Å². The van der Waals surface area contributed by atoms with Crippen molar-refractivity contribution < 1.29 is 41.8 Å². The monoisotopic (exact) mass is 533 g/mol. The molecule has 0 saturated carbocycles. The third kappa shape index (κ3) is 5.29. The van der Waals surface area contributed by atoms with Crippen LogP contribution >= 0.6 is 0 Å². The molecular weight excluding hydrogens is 507 g/mol. The fourth-order valence-corrected chi connectivity index (χ4v) is 4.48. The number of imide groups is 1. The Hall–Kier alpha value is -4.09. The number of ether oxygens (including phenoxy) is 2. The fraction of sp³-hybridized carbons (Fsp3) is 0.385. The molecule has 12 heteroatoms. The van der Waals surface area contributed by atoms with Crippen LogP contribution in [0, 0.1) is 12.8 Å². The van der Waals surface area contributed by atoms with Gasteiger partial charge in [-0.2, -0.15) is 13.2 Å². The SMILES string of the molecule is CCOC(=O)C1CN(c2ccc(N3CCCOC3=O)cc2)C(=O)N(Cc2cccc(C(F)(F)F)c2C)C1=O. The normalized spacial score (nSPS) is 18.5. The molecule has 1 atom stereocenters. The van der Waals surface area contributed by atoms with E-state index in [0.29, 0.717) is 30.9 Å². The van der Waals surface area contributed by atoms with E-state index in [1.165, 1.54) is 28.9 Å². The number of halogens is 3. The van der Waals surface area contributed by atoms with E-state index in [9.17, 15) is 32.3 Å². The van der Waals surface area contributed by atoms with Gasteiger partial charge in [-0.1, -0.05) is 12.1 Å². The number of carbonyl (C=O) groups is 4. The molecule has 0 spiro atoms. The largest absolute Gasteiger partial charge is 0.465 e. The Morgan fingerprint density at radius 3 is 2.32 bits per heavy atom. The lowest BCUT2D eigenvalue weighted by molar-refractivity contribution is -0.154. The lowest BCUT2D eigenvalue weighted by Gasteiger charge is -2.38. The summed E-state index contributed by atoms with van der Waals surface area (Å²) in [4.78, 5) is 54.8. The number of benzene rings is 2. The van der Waals surface area contributed by atoms with Crippen molar-refractivity contribution in [2.75, 3.05) is 36.1 Å². The molecule has 2 saturated heterocycles. The number of urea groups is 1. The van der Waals surface area contributed by atoms with Gasteiger partial charge in [-0.25, -0.2) is 9.59 Å². The van der Waals surface area contributed by atoms with Gasteiger partial charge in [-0.15, -0.1) is 0 Å². The minimum absolute atomic E-state index is 0.00390. The zero-order chi connectivity index (χ0) is 27.6. The summed E-state index contributed by atoms with van der Waals surface area (Å²) >= 11 is 0. The molecule has 2 fully saturated rings. The number of nitrogens with zero attached hydrogens (tertiary/aromatic N) is 3. The van der Waals surface area contributed by atoms with Crippen molar-refractivity contribution in [1.29, 1.82) is 0 Å². The van der Waals surface area contributed by atoms with Crippen LogP contribution in [0.4, 0.5) is 34.1 Å². The van der Waals surface area contributed by atoms with Gasteiger partial charge in [0.2, 0.25) is 5.91 Å². The van der Waals surface area contributed by atoms with Crippen molar-refractivity contribution in [1.82, 2.24) is 4.90 Å².